The lowest BCUT2D eigenvalue weighted by Gasteiger charge is -2.06. The van der Waals surface area contributed by atoms with Crippen LogP contribution in [0.1, 0.15) is 23.7 Å². The molecule has 4 nitrogen and oxygen atoms in total. The highest BCUT2D eigenvalue weighted by Gasteiger charge is 2.13. The minimum Gasteiger partial charge on any atom is -0.299 e. The fourth-order valence-corrected chi connectivity index (χ4v) is 1.89. The minimum atomic E-state index is -0.578. The summed E-state index contributed by atoms with van der Waals surface area (Å²) in [6, 6.07) is 12.7. The molecule has 4 heteroatoms. The molecule has 0 fully saturated rings. The first-order valence-electron chi connectivity index (χ1n) is 5.89. The average molecular weight is 255 g/mol. The van der Waals surface area contributed by atoms with Gasteiger partial charge in [-0.2, -0.15) is 0 Å². The largest absolute Gasteiger partial charge is 0.299 e. The summed E-state index contributed by atoms with van der Waals surface area (Å²) in [5.41, 5.74) is 0.426. The molecule has 0 radical (unpaired) electrons. The highest BCUT2D eigenvalue weighted by Crippen LogP contribution is 2.18. The van der Waals surface area contributed by atoms with Gasteiger partial charge in [0.25, 0.3) is 5.91 Å². The summed E-state index contributed by atoms with van der Waals surface area (Å²) in [4.78, 5) is 34.2. The van der Waals surface area contributed by atoms with Gasteiger partial charge in [0.15, 0.2) is 0 Å². The van der Waals surface area contributed by atoms with E-state index in [4.69, 9.17) is 0 Å². The lowest BCUT2D eigenvalue weighted by atomic mass is 10.0. The van der Waals surface area contributed by atoms with Crippen molar-refractivity contribution in [3.05, 3.63) is 48.0 Å². The van der Waals surface area contributed by atoms with Crippen molar-refractivity contribution in [3.8, 4) is 0 Å². The Kier molecular flexibility index (Phi) is 3.71. The van der Waals surface area contributed by atoms with Crippen LogP contribution in [0.2, 0.25) is 0 Å². The fraction of sp³-hybridized carbons (Fsp3) is 0.133. The van der Waals surface area contributed by atoms with Crippen molar-refractivity contribution in [2.24, 2.45) is 0 Å². The molecule has 0 aliphatic heterocycles. The van der Waals surface area contributed by atoms with E-state index in [2.05, 4.69) is 5.32 Å². The van der Waals surface area contributed by atoms with E-state index in [0.29, 0.717) is 5.56 Å². The van der Waals surface area contributed by atoms with Gasteiger partial charge in [0.05, 0.1) is 6.42 Å². The van der Waals surface area contributed by atoms with Crippen molar-refractivity contribution >= 4 is 28.4 Å². The van der Waals surface area contributed by atoms with E-state index in [-0.39, 0.29) is 12.2 Å². The Morgan fingerprint density at radius 1 is 1.00 bits per heavy atom. The molecule has 2 amide bonds. The summed E-state index contributed by atoms with van der Waals surface area (Å²) in [5, 5.41) is 3.92. The zero-order valence-corrected chi connectivity index (χ0v) is 10.5. The van der Waals surface area contributed by atoms with E-state index in [1.807, 2.05) is 30.3 Å². The molecule has 2 aromatic carbocycles. The molecular formula is C15H13NO3. The van der Waals surface area contributed by atoms with Gasteiger partial charge in [-0.05, 0) is 23.8 Å². The van der Waals surface area contributed by atoms with Gasteiger partial charge >= 0.3 is 0 Å². The first-order chi connectivity index (χ1) is 9.08. The summed E-state index contributed by atoms with van der Waals surface area (Å²) < 4.78 is 0. The number of ketones is 1. The van der Waals surface area contributed by atoms with Gasteiger partial charge in [-0.25, -0.2) is 0 Å². The first kappa shape index (κ1) is 13.0. The maximum absolute atomic E-state index is 12.0. The van der Waals surface area contributed by atoms with E-state index < -0.39 is 11.8 Å². The van der Waals surface area contributed by atoms with Crippen molar-refractivity contribution in [3.63, 3.8) is 0 Å². The standard InChI is InChI=1S/C15H13NO3/c1-10(17)9-14(18)16-15(19)13-8-4-6-11-5-2-3-7-12(11)13/h2-8H,9H2,1H3,(H,16,18,19). The van der Waals surface area contributed by atoms with E-state index in [0.717, 1.165) is 10.8 Å². The van der Waals surface area contributed by atoms with Crippen LogP contribution in [-0.2, 0) is 9.59 Å². The van der Waals surface area contributed by atoms with Crippen molar-refractivity contribution in [1.82, 2.24) is 5.32 Å². The summed E-state index contributed by atoms with van der Waals surface area (Å²) in [6.07, 6.45) is -0.281. The Bertz CT molecular complexity index is 656. The molecule has 0 aromatic heterocycles. The Morgan fingerprint density at radius 2 is 1.68 bits per heavy atom. The van der Waals surface area contributed by atoms with E-state index in [1.54, 1.807) is 12.1 Å². The highest BCUT2D eigenvalue weighted by atomic mass is 16.2. The smallest absolute Gasteiger partial charge is 0.258 e. The fourth-order valence-electron chi connectivity index (χ4n) is 1.89. The third kappa shape index (κ3) is 3.04. The molecule has 0 atom stereocenters. The average Bonchev–Trinajstić information content (AvgIpc) is 2.36. The van der Waals surface area contributed by atoms with Crippen molar-refractivity contribution < 1.29 is 14.4 Å². The van der Waals surface area contributed by atoms with Gasteiger partial charge in [-0.15, -0.1) is 0 Å². The number of Topliss-reactive ketones (excluding diaryl/α,β-unsaturated/α-hetero) is 1. The number of fused-ring (bicyclic) bond motifs is 1. The zero-order chi connectivity index (χ0) is 13.8. The third-order valence-electron chi connectivity index (χ3n) is 2.70. The topological polar surface area (TPSA) is 63.2 Å². The summed E-state index contributed by atoms with van der Waals surface area (Å²) in [7, 11) is 0. The van der Waals surface area contributed by atoms with Crippen LogP contribution in [0.3, 0.4) is 0 Å². The number of hydrogen-bond donors (Lipinski definition) is 1. The Balaban J connectivity index is 2.27. The third-order valence-corrected chi connectivity index (χ3v) is 2.70. The quantitative estimate of drug-likeness (QED) is 0.854. The molecule has 19 heavy (non-hydrogen) atoms. The molecule has 96 valence electrons. The van der Waals surface area contributed by atoms with Crippen molar-refractivity contribution in [1.29, 1.82) is 0 Å². The molecule has 0 aliphatic carbocycles. The number of amides is 2. The van der Waals surface area contributed by atoms with Gasteiger partial charge in [-0.1, -0.05) is 36.4 Å². The normalized spacial score (nSPS) is 10.2. The van der Waals surface area contributed by atoms with Crippen LogP contribution in [0.4, 0.5) is 0 Å². The monoisotopic (exact) mass is 255 g/mol. The molecule has 0 bridgehead atoms. The molecule has 0 aliphatic rings. The predicted octanol–water partition coefficient (Wildman–Crippen LogP) is 2.08. The van der Waals surface area contributed by atoms with Crippen LogP contribution in [0.25, 0.3) is 10.8 Å². The van der Waals surface area contributed by atoms with Gasteiger partial charge in [0.2, 0.25) is 5.91 Å². The minimum absolute atomic E-state index is 0.275. The van der Waals surface area contributed by atoms with Crippen LogP contribution < -0.4 is 5.32 Å². The number of carbonyl (C=O) groups is 3. The molecular weight excluding hydrogens is 242 g/mol. The second-order valence-corrected chi connectivity index (χ2v) is 4.28. The lowest BCUT2D eigenvalue weighted by Crippen LogP contribution is -2.31. The maximum Gasteiger partial charge on any atom is 0.258 e. The first-order valence-corrected chi connectivity index (χ1v) is 5.89. The summed E-state index contributed by atoms with van der Waals surface area (Å²) >= 11 is 0. The van der Waals surface area contributed by atoms with Crippen LogP contribution in [0.5, 0.6) is 0 Å². The second kappa shape index (κ2) is 5.44. The number of benzene rings is 2. The Labute approximate surface area is 110 Å². The Hall–Kier alpha value is -2.49. The molecule has 0 saturated heterocycles. The predicted molar refractivity (Wildman–Crippen MR) is 71.7 cm³/mol. The Morgan fingerprint density at radius 3 is 2.42 bits per heavy atom. The van der Waals surface area contributed by atoms with Crippen LogP contribution in [-0.4, -0.2) is 17.6 Å². The van der Waals surface area contributed by atoms with Crippen molar-refractivity contribution in [2.45, 2.75) is 13.3 Å². The number of imide groups is 1. The van der Waals surface area contributed by atoms with Gasteiger partial charge in [0.1, 0.15) is 5.78 Å². The van der Waals surface area contributed by atoms with Crippen LogP contribution in [0, 0.1) is 0 Å². The molecule has 1 N–H and O–H groups in total. The van der Waals surface area contributed by atoms with Gasteiger partial charge in [-0.3, -0.25) is 19.7 Å². The molecule has 2 aromatic rings. The number of rotatable bonds is 3. The molecule has 2 rings (SSSR count). The van der Waals surface area contributed by atoms with E-state index >= 15 is 0 Å². The molecule has 0 heterocycles. The number of nitrogens with one attached hydrogen (secondary N) is 1. The van der Waals surface area contributed by atoms with Gasteiger partial charge < -0.3 is 0 Å². The molecule has 0 spiro atoms. The molecule has 0 saturated carbocycles. The van der Waals surface area contributed by atoms with E-state index in [9.17, 15) is 14.4 Å². The number of hydrogen-bond acceptors (Lipinski definition) is 3. The SMILES string of the molecule is CC(=O)CC(=O)NC(=O)c1cccc2ccccc12. The highest BCUT2D eigenvalue weighted by molar-refractivity contribution is 6.14. The zero-order valence-electron chi connectivity index (χ0n) is 10.5. The second-order valence-electron chi connectivity index (χ2n) is 4.28. The van der Waals surface area contributed by atoms with Crippen LogP contribution in [0.15, 0.2) is 42.5 Å². The summed E-state index contributed by atoms with van der Waals surface area (Å²) in [6.45, 7) is 1.31. The van der Waals surface area contributed by atoms with E-state index in [1.165, 1.54) is 6.92 Å². The maximum atomic E-state index is 12.0. The lowest BCUT2D eigenvalue weighted by molar-refractivity contribution is -0.126. The number of carbonyl (C=O) groups excluding carboxylic acids is 3. The summed E-state index contributed by atoms with van der Waals surface area (Å²) in [5.74, 6) is -1.34. The van der Waals surface area contributed by atoms with Crippen molar-refractivity contribution in [2.75, 3.05) is 0 Å². The van der Waals surface area contributed by atoms with Crippen LogP contribution >= 0.6 is 0 Å². The van der Waals surface area contributed by atoms with Gasteiger partial charge in [0, 0.05) is 5.56 Å². The molecule has 0 unspecified atom stereocenters.